The first-order valence-electron chi connectivity index (χ1n) is 8.65. The van der Waals surface area contributed by atoms with Gasteiger partial charge in [-0.1, -0.05) is 0 Å². The molecule has 0 bridgehead atoms. The van der Waals surface area contributed by atoms with E-state index in [4.69, 9.17) is 19.0 Å². The van der Waals surface area contributed by atoms with E-state index in [2.05, 4.69) is 6.20 Å². The molecule has 1 saturated heterocycles. The number of carbonyl (C=O) groups excluding carboxylic acids is 1. The summed E-state index contributed by atoms with van der Waals surface area (Å²) >= 11 is 0. The molecule has 1 unspecified atom stereocenters. The lowest BCUT2D eigenvalue weighted by molar-refractivity contribution is 0.0487. The number of hydrogen-bond acceptors (Lipinski definition) is 5. The Morgan fingerprint density at radius 3 is 3.08 bits per heavy atom. The molecule has 0 aromatic carbocycles. The summed E-state index contributed by atoms with van der Waals surface area (Å²) in [5.74, 6) is 0.749. The number of rotatable bonds is 4. The fraction of sp³-hybridized carbons (Fsp3) is 0.556. The molecule has 6 nitrogen and oxygen atoms in total. The summed E-state index contributed by atoms with van der Waals surface area (Å²) in [7, 11) is 0. The highest BCUT2D eigenvalue weighted by Crippen LogP contribution is 2.38. The van der Waals surface area contributed by atoms with Crippen molar-refractivity contribution >= 4 is 5.97 Å². The fourth-order valence-electron chi connectivity index (χ4n) is 3.65. The topological polar surface area (TPSA) is 66.5 Å². The average molecular weight is 330 g/mol. The van der Waals surface area contributed by atoms with Gasteiger partial charge >= 0.3 is 5.97 Å². The van der Waals surface area contributed by atoms with Gasteiger partial charge in [-0.05, 0) is 38.7 Å². The molecule has 2 aromatic heterocycles. The third kappa shape index (κ3) is 2.55. The Balaban J connectivity index is 1.67. The second-order valence-corrected chi connectivity index (χ2v) is 6.43. The Labute approximate surface area is 140 Å². The molecule has 4 rings (SSSR count). The highest BCUT2D eigenvalue weighted by Gasteiger charge is 2.30. The molecule has 0 radical (unpaired) electrons. The quantitative estimate of drug-likeness (QED) is 0.807. The molecule has 2 aliphatic rings. The zero-order chi connectivity index (χ0) is 16.7. The third-order valence-electron chi connectivity index (χ3n) is 4.79. The molecule has 1 aliphatic carbocycles. The van der Waals surface area contributed by atoms with Crippen LogP contribution in [0.25, 0.3) is 11.3 Å². The molecule has 0 amide bonds. The summed E-state index contributed by atoms with van der Waals surface area (Å²) in [5, 5.41) is 4.76. The molecule has 2 aromatic rings. The van der Waals surface area contributed by atoms with Gasteiger partial charge in [0.05, 0.1) is 24.9 Å². The van der Waals surface area contributed by atoms with Gasteiger partial charge in [0.2, 0.25) is 5.76 Å². The highest BCUT2D eigenvalue weighted by molar-refractivity contribution is 5.91. The van der Waals surface area contributed by atoms with Crippen molar-refractivity contribution in [3.63, 3.8) is 0 Å². The van der Waals surface area contributed by atoms with E-state index in [1.165, 1.54) is 5.56 Å². The highest BCUT2D eigenvalue weighted by atomic mass is 16.5. The van der Waals surface area contributed by atoms with E-state index < -0.39 is 5.97 Å². The minimum atomic E-state index is -0.398. The molecular weight excluding hydrogens is 308 g/mol. The number of aromatic nitrogens is 2. The molecule has 0 spiro atoms. The number of nitrogens with zero attached hydrogens (tertiary/aromatic N) is 2. The van der Waals surface area contributed by atoms with Crippen molar-refractivity contribution in [3.8, 4) is 11.3 Å². The van der Waals surface area contributed by atoms with Crippen molar-refractivity contribution in [2.45, 2.75) is 52.2 Å². The van der Waals surface area contributed by atoms with Crippen LogP contribution in [0.3, 0.4) is 0 Å². The largest absolute Gasteiger partial charge is 0.460 e. The van der Waals surface area contributed by atoms with Gasteiger partial charge < -0.3 is 13.9 Å². The van der Waals surface area contributed by atoms with Crippen LogP contribution in [0.4, 0.5) is 0 Å². The van der Waals surface area contributed by atoms with Crippen LogP contribution < -0.4 is 0 Å². The number of furan rings is 1. The van der Waals surface area contributed by atoms with Gasteiger partial charge in [-0.25, -0.2) is 4.79 Å². The molecule has 0 saturated carbocycles. The van der Waals surface area contributed by atoms with Crippen LogP contribution in [-0.2, 0) is 28.9 Å². The average Bonchev–Trinajstić information content (AvgIpc) is 3.26. The van der Waals surface area contributed by atoms with Crippen LogP contribution in [0.5, 0.6) is 0 Å². The summed E-state index contributed by atoms with van der Waals surface area (Å²) < 4.78 is 18.6. The van der Waals surface area contributed by atoms with Gasteiger partial charge in [-0.15, -0.1) is 0 Å². The maximum Gasteiger partial charge on any atom is 0.374 e. The number of ether oxygens (including phenoxy) is 2. The van der Waals surface area contributed by atoms with Crippen molar-refractivity contribution in [2.24, 2.45) is 0 Å². The lowest BCUT2D eigenvalue weighted by atomic mass is 9.94. The van der Waals surface area contributed by atoms with Crippen molar-refractivity contribution in [2.75, 3.05) is 13.2 Å². The zero-order valence-corrected chi connectivity index (χ0v) is 14.1. The molecule has 1 fully saturated rings. The van der Waals surface area contributed by atoms with Gasteiger partial charge in [-0.2, -0.15) is 5.10 Å². The van der Waals surface area contributed by atoms with Crippen LogP contribution in [-0.4, -0.2) is 35.1 Å². The molecule has 1 aliphatic heterocycles. The lowest BCUT2D eigenvalue weighted by Crippen LogP contribution is -2.15. The fourth-order valence-corrected chi connectivity index (χ4v) is 3.65. The Kier molecular flexibility index (Phi) is 3.92. The maximum absolute atomic E-state index is 12.1. The molecule has 128 valence electrons. The van der Waals surface area contributed by atoms with E-state index in [1.807, 2.05) is 11.6 Å². The maximum atomic E-state index is 12.1. The van der Waals surface area contributed by atoms with Gasteiger partial charge in [0, 0.05) is 30.4 Å². The Hall–Kier alpha value is -2.08. The van der Waals surface area contributed by atoms with Crippen LogP contribution in [0.15, 0.2) is 10.6 Å². The SMILES string of the molecule is CCOC(=O)c1oc2c(c1C)-c1nn(CC3CCCO3)cc1CC2. The standard InChI is InChI=1S/C18H22N2O4/c1-3-22-18(21)17-11(2)15-14(24-17)7-6-12-9-20(19-16(12)15)10-13-5-4-8-23-13/h9,13H,3-8,10H2,1-2H3. The van der Waals surface area contributed by atoms with E-state index >= 15 is 0 Å². The van der Waals surface area contributed by atoms with Crippen LogP contribution in [0, 0.1) is 6.92 Å². The van der Waals surface area contributed by atoms with Crippen molar-refractivity contribution < 1.29 is 18.7 Å². The van der Waals surface area contributed by atoms with E-state index in [-0.39, 0.29) is 6.10 Å². The minimum absolute atomic E-state index is 0.256. The van der Waals surface area contributed by atoms with E-state index in [1.54, 1.807) is 6.92 Å². The lowest BCUT2D eigenvalue weighted by Gasteiger charge is -2.09. The minimum Gasteiger partial charge on any atom is -0.460 e. The molecule has 24 heavy (non-hydrogen) atoms. The molecule has 0 N–H and O–H groups in total. The van der Waals surface area contributed by atoms with Crippen LogP contribution in [0.2, 0.25) is 0 Å². The first kappa shape index (κ1) is 15.4. The number of carbonyl (C=O) groups is 1. The van der Waals surface area contributed by atoms with E-state index in [0.717, 1.165) is 61.4 Å². The normalized spacial score (nSPS) is 19.2. The van der Waals surface area contributed by atoms with Crippen molar-refractivity contribution in [1.29, 1.82) is 0 Å². The summed E-state index contributed by atoms with van der Waals surface area (Å²) in [6.45, 7) is 5.66. The Morgan fingerprint density at radius 2 is 2.33 bits per heavy atom. The van der Waals surface area contributed by atoms with Crippen LogP contribution in [0.1, 0.15) is 47.2 Å². The van der Waals surface area contributed by atoms with E-state index in [0.29, 0.717) is 12.4 Å². The first-order chi connectivity index (χ1) is 11.7. The van der Waals surface area contributed by atoms with Crippen molar-refractivity contribution in [1.82, 2.24) is 9.78 Å². The van der Waals surface area contributed by atoms with Crippen molar-refractivity contribution in [3.05, 3.63) is 28.8 Å². The second-order valence-electron chi connectivity index (χ2n) is 6.43. The molecular formula is C18H22N2O4. The first-order valence-corrected chi connectivity index (χ1v) is 8.65. The summed E-state index contributed by atoms with van der Waals surface area (Å²) in [6.07, 6.45) is 6.24. The van der Waals surface area contributed by atoms with Crippen LogP contribution >= 0.6 is 0 Å². The number of aryl methyl sites for hydroxylation is 2. The summed E-state index contributed by atoms with van der Waals surface area (Å²) in [5.41, 5.74) is 3.93. The van der Waals surface area contributed by atoms with E-state index in [9.17, 15) is 4.79 Å². The Morgan fingerprint density at radius 1 is 1.46 bits per heavy atom. The van der Waals surface area contributed by atoms with Gasteiger partial charge in [0.25, 0.3) is 0 Å². The summed E-state index contributed by atoms with van der Waals surface area (Å²) in [6, 6.07) is 0. The molecule has 6 heteroatoms. The monoisotopic (exact) mass is 330 g/mol. The molecule has 1 atom stereocenters. The van der Waals surface area contributed by atoms with Gasteiger partial charge in [0.1, 0.15) is 5.76 Å². The number of hydrogen-bond donors (Lipinski definition) is 0. The molecule has 3 heterocycles. The smallest absolute Gasteiger partial charge is 0.374 e. The predicted molar refractivity (Wildman–Crippen MR) is 87.0 cm³/mol. The Bertz CT molecular complexity index is 768. The zero-order valence-electron chi connectivity index (χ0n) is 14.1. The summed E-state index contributed by atoms with van der Waals surface area (Å²) in [4.78, 5) is 12.1. The number of esters is 1. The predicted octanol–water partition coefficient (Wildman–Crippen LogP) is 2.91. The third-order valence-corrected chi connectivity index (χ3v) is 4.79. The second kappa shape index (κ2) is 6.09. The van der Waals surface area contributed by atoms with Gasteiger partial charge in [0.15, 0.2) is 0 Å². The van der Waals surface area contributed by atoms with Gasteiger partial charge in [-0.3, -0.25) is 4.68 Å². The number of fused-ring (bicyclic) bond motifs is 3.